The van der Waals surface area contributed by atoms with Gasteiger partial charge in [0.2, 0.25) is 0 Å². The molecule has 7 heteroatoms. The highest BCUT2D eigenvalue weighted by Gasteiger charge is 2.23. The normalized spacial score (nSPS) is 19.3. The number of carbonyl (C=O) groups is 1. The number of nitro groups is 1. The average Bonchev–Trinajstić information content (AvgIpc) is 2.37. The van der Waals surface area contributed by atoms with E-state index < -0.39 is 16.4 Å². The van der Waals surface area contributed by atoms with Crippen LogP contribution in [0.3, 0.4) is 0 Å². The van der Waals surface area contributed by atoms with Gasteiger partial charge in [0.05, 0.1) is 11.0 Å². The Balaban J connectivity index is 2.25. The van der Waals surface area contributed by atoms with E-state index in [0.717, 1.165) is 18.2 Å². The Morgan fingerprint density at radius 2 is 2.26 bits per heavy atom. The molecule has 1 aromatic carbocycles. The number of non-ortho nitro benzene ring substituents is 1. The molecule has 1 fully saturated rings. The number of benzene rings is 1. The number of piperazine rings is 1. The molecule has 1 aliphatic rings. The van der Waals surface area contributed by atoms with E-state index in [1.807, 2.05) is 6.92 Å². The van der Waals surface area contributed by atoms with Crippen molar-refractivity contribution in [2.75, 3.05) is 19.6 Å². The Morgan fingerprint density at radius 3 is 2.89 bits per heavy atom. The molecule has 1 aliphatic heterocycles. The number of amides is 1. The van der Waals surface area contributed by atoms with Gasteiger partial charge in [-0.2, -0.15) is 0 Å². The molecule has 0 saturated carbocycles. The third kappa shape index (κ3) is 3.05. The van der Waals surface area contributed by atoms with Crippen molar-refractivity contribution in [3.63, 3.8) is 0 Å². The van der Waals surface area contributed by atoms with E-state index in [1.54, 1.807) is 4.90 Å². The summed E-state index contributed by atoms with van der Waals surface area (Å²) in [5, 5.41) is 13.8. The molecule has 2 rings (SSSR count). The second-order valence-electron chi connectivity index (χ2n) is 4.56. The largest absolute Gasteiger partial charge is 0.336 e. The maximum Gasteiger partial charge on any atom is 0.273 e. The van der Waals surface area contributed by atoms with Gasteiger partial charge in [-0.3, -0.25) is 14.9 Å². The first kappa shape index (κ1) is 13.4. The first-order valence-electron chi connectivity index (χ1n) is 5.95. The van der Waals surface area contributed by atoms with E-state index in [2.05, 4.69) is 5.32 Å². The fourth-order valence-electron chi connectivity index (χ4n) is 2.10. The zero-order valence-corrected chi connectivity index (χ0v) is 10.4. The standard InChI is InChI=1S/C12H14FN3O3/c1-8-7-15(3-2-14-8)12(17)9-4-10(13)6-11(5-9)16(18)19/h4-6,8,14H,2-3,7H2,1H3. The van der Waals surface area contributed by atoms with Crippen LogP contribution in [0.4, 0.5) is 10.1 Å². The fourth-order valence-corrected chi connectivity index (χ4v) is 2.10. The maximum atomic E-state index is 13.3. The number of halogens is 1. The lowest BCUT2D eigenvalue weighted by Crippen LogP contribution is -2.51. The maximum absolute atomic E-state index is 13.3. The highest BCUT2D eigenvalue weighted by atomic mass is 19.1. The van der Waals surface area contributed by atoms with Crippen molar-refractivity contribution in [1.29, 1.82) is 0 Å². The molecule has 6 nitrogen and oxygen atoms in total. The van der Waals surface area contributed by atoms with E-state index in [-0.39, 0.29) is 17.5 Å². The lowest BCUT2D eigenvalue weighted by atomic mass is 10.1. The van der Waals surface area contributed by atoms with Crippen molar-refractivity contribution in [1.82, 2.24) is 10.2 Å². The summed E-state index contributed by atoms with van der Waals surface area (Å²) in [6.45, 7) is 3.61. The summed E-state index contributed by atoms with van der Waals surface area (Å²) in [5.41, 5.74) is -0.396. The van der Waals surface area contributed by atoms with Crippen molar-refractivity contribution >= 4 is 11.6 Å². The summed E-state index contributed by atoms with van der Waals surface area (Å²) in [6, 6.07) is 3.10. The zero-order chi connectivity index (χ0) is 14.0. The van der Waals surface area contributed by atoms with E-state index in [9.17, 15) is 19.3 Å². The summed E-state index contributed by atoms with van der Waals surface area (Å²) in [7, 11) is 0. The summed E-state index contributed by atoms with van der Waals surface area (Å²) in [6.07, 6.45) is 0. The molecule has 1 amide bonds. The van der Waals surface area contributed by atoms with Gasteiger partial charge in [0, 0.05) is 37.3 Å². The van der Waals surface area contributed by atoms with Crippen LogP contribution in [-0.4, -0.2) is 41.4 Å². The lowest BCUT2D eigenvalue weighted by Gasteiger charge is -2.31. The lowest BCUT2D eigenvalue weighted by molar-refractivity contribution is -0.385. The van der Waals surface area contributed by atoms with Gasteiger partial charge in [-0.15, -0.1) is 0 Å². The van der Waals surface area contributed by atoms with Crippen LogP contribution in [0.15, 0.2) is 18.2 Å². The van der Waals surface area contributed by atoms with Crippen LogP contribution in [0.2, 0.25) is 0 Å². The van der Waals surface area contributed by atoms with E-state index in [1.165, 1.54) is 0 Å². The summed E-state index contributed by atoms with van der Waals surface area (Å²) < 4.78 is 13.3. The number of hydrogen-bond acceptors (Lipinski definition) is 4. The Bertz CT molecular complexity index is 521. The molecule has 0 aliphatic carbocycles. The molecule has 0 radical (unpaired) electrons. The van der Waals surface area contributed by atoms with Crippen molar-refractivity contribution in [3.05, 3.63) is 39.7 Å². The minimum absolute atomic E-state index is 0.0146. The number of nitrogens with zero attached hydrogens (tertiary/aromatic N) is 2. The SMILES string of the molecule is CC1CN(C(=O)c2cc(F)cc([N+](=O)[O-])c2)CCN1. The van der Waals surface area contributed by atoms with Gasteiger partial charge in [0.1, 0.15) is 5.82 Å². The minimum Gasteiger partial charge on any atom is -0.336 e. The van der Waals surface area contributed by atoms with Gasteiger partial charge in [0.15, 0.2) is 0 Å². The van der Waals surface area contributed by atoms with Crippen LogP contribution in [0.5, 0.6) is 0 Å². The highest BCUT2D eigenvalue weighted by Crippen LogP contribution is 2.18. The van der Waals surface area contributed by atoms with Crippen LogP contribution in [0.1, 0.15) is 17.3 Å². The molecule has 1 heterocycles. The predicted molar refractivity (Wildman–Crippen MR) is 66.4 cm³/mol. The van der Waals surface area contributed by atoms with Gasteiger partial charge in [-0.05, 0) is 13.0 Å². The summed E-state index contributed by atoms with van der Waals surface area (Å²) in [4.78, 5) is 23.7. The third-order valence-corrected chi connectivity index (χ3v) is 3.00. The number of rotatable bonds is 2. The molecule has 1 unspecified atom stereocenters. The fraction of sp³-hybridized carbons (Fsp3) is 0.417. The number of carbonyl (C=O) groups excluding carboxylic acids is 1. The minimum atomic E-state index is -0.777. The van der Waals surface area contributed by atoms with Crippen LogP contribution >= 0.6 is 0 Å². The molecule has 102 valence electrons. The van der Waals surface area contributed by atoms with Crippen molar-refractivity contribution in [2.45, 2.75) is 13.0 Å². The number of nitro benzene ring substituents is 1. The molecular formula is C12H14FN3O3. The van der Waals surface area contributed by atoms with Gasteiger partial charge < -0.3 is 10.2 Å². The van der Waals surface area contributed by atoms with Gasteiger partial charge in [0.25, 0.3) is 11.6 Å². The van der Waals surface area contributed by atoms with Crippen LogP contribution in [0.25, 0.3) is 0 Å². The molecule has 0 aromatic heterocycles. The van der Waals surface area contributed by atoms with Crippen molar-refractivity contribution < 1.29 is 14.1 Å². The van der Waals surface area contributed by atoms with Crippen LogP contribution in [0, 0.1) is 15.9 Å². The zero-order valence-electron chi connectivity index (χ0n) is 10.4. The molecule has 1 N–H and O–H groups in total. The smallest absolute Gasteiger partial charge is 0.273 e. The Morgan fingerprint density at radius 1 is 1.53 bits per heavy atom. The number of nitrogens with one attached hydrogen (secondary N) is 1. The first-order valence-corrected chi connectivity index (χ1v) is 5.95. The highest BCUT2D eigenvalue weighted by molar-refractivity contribution is 5.95. The molecule has 0 spiro atoms. The van der Waals surface area contributed by atoms with Crippen LogP contribution in [-0.2, 0) is 0 Å². The average molecular weight is 267 g/mol. The Labute approximate surface area is 109 Å². The monoisotopic (exact) mass is 267 g/mol. The molecular weight excluding hydrogens is 253 g/mol. The van der Waals surface area contributed by atoms with Gasteiger partial charge >= 0.3 is 0 Å². The predicted octanol–water partition coefficient (Wildman–Crippen LogP) is 1.17. The topological polar surface area (TPSA) is 75.5 Å². The summed E-state index contributed by atoms with van der Waals surface area (Å²) in [5.74, 6) is -1.16. The second-order valence-corrected chi connectivity index (χ2v) is 4.56. The quantitative estimate of drug-likeness (QED) is 0.644. The number of hydrogen-bond donors (Lipinski definition) is 1. The molecule has 0 bridgehead atoms. The van der Waals surface area contributed by atoms with Crippen molar-refractivity contribution in [3.8, 4) is 0 Å². The van der Waals surface area contributed by atoms with E-state index >= 15 is 0 Å². The molecule has 1 atom stereocenters. The third-order valence-electron chi connectivity index (χ3n) is 3.00. The molecule has 1 aromatic rings. The Hall–Kier alpha value is -2.02. The molecule has 1 saturated heterocycles. The van der Waals surface area contributed by atoms with Crippen LogP contribution < -0.4 is 5.32 Å². The second kappa shape index (κ2) is 5.31. The summed E-state index contributed by atoms with van der Waals surface area (Å²) >= 11 is 0. The van der Waals surface area contributed by atoms with E-state index in [0.29, 0.717) is 19.6 Å². The van der Waals surface area contributed by atoms with Gasteiger partial charge in [-0.25, -0.2) is 4.39 Å². The molecule has 19 heavy (non-hydrogen) atoms. The van der Waals surface area contributed by atoms with E-state index in [4.69, 9.17) is 0 Å². The Kier molecular flexibility index (Phi) is 3.75. The van der Waals surface area contributed by atoms with Crippen molar-refractivity contribution in [2.24, 2.45) is 0 Å². The first-order chi connectivity index (χ1) is 8.97. The van der Waals surface area contributed by atoms with Gasteiger partial charge in [-0.1, -0.05) is 0 Å².